The van der Waals surface area contributed by atoms with E-state index in [0.29, 0.717) is 11.4 Å². The zero-order chi connectivity index (χ0) is 23.8. The van der Waals surface area contributed by atoms with Crippen LogP contribution in [0.15, 0.2) is 84.9 Å². The van der Waals surface area contributed by atoms with Crippen molar-refractivity contribution in [2.45, 2.75) is 38.0 Å². The number of nitrogens with one attached hydrogen (secondary N) is 3. The number of thiocarbonyl (C=S) groups is 1. The molecule has 1 aliphatic rings. The van der Waals surface area contributed by atoms with Crippen molar-refractivity contribution in [3.8, 4) is 0 Å². The number of carbonyl (C=O) groups excluding carboxylic acids is 2. The van der Waals surface area contributed by atoms with Gasteiger partial charge in [0.15, 0.2) is 5.11 Å². The van der Waals surface area contributed by atoms with Crippen LogP contribution in [-0.4, -0.2) is 16.9 Å². The Kier molecular flexibility index (Phi) is 8.04. The van der Waals surface area contributed by atoms with Gasteiger partial charge in [-0.15, -0.1) is 0 Å². The van der Waals surface area contributed by atoms with Crippen LogP contribution in [-0.2, 0) is 9.59 Å². The third kappa shape index (κ3) is 6.29. The summed E-state index contributed by atoms with van der Waals surface area (Å²) in [6, 6.07) is 26.6. The highest BCUT2D eigenvalue weighted by atomic mass is 32.1. The summed E-state index contributed by atoms with van der Waals surface area (Å²) in [6.07, 6.45) is 5.33. The lowest BCUT2D eigenvalue weighted by atomic mass is 9.88. The van der Waals surface area contributed by atoms with Gasteiger partial charge in [0, 0.05) is 17.3 Å². The molecule has 34 heavy (non-hydrogen) atoms. The van der Waals surface area contributed by atoms with Crippen LogP contribution in [0.3, 0.4) is 0 Å². The smallest absolute Gasteiger partial charge is 0.238 e. The van der Waals surface area contributed by atoms with E-state index in [2.05, 4.69) is 16.0 Å². The Morgan fingerprint density at radius 2 is 1.29 bits per heavy atom. The van der Waals surface area contributed by atoms with Crippen LogP contribution in [0.5, 0.6) is 0 Å². The van der Waals surface area contributed by atoms with Crippen molar-refractivity contribution in [3.05, 3.63) is 96.1 Å². The molecule has 174 valence electrons. The molecule has 0 saturated heterocycles. The highest BCUT2D eigenvalue weighted by molar-refractivity contribution is 7.80. The largest absolute Gasteiger partial charge is 0.332 e. The summed E-state index contributed by atoms with van der Waals surface area (Å²) in [5, 5.41) is 9.13. The van der Waals surface area contributed by atoms with Gasteiger partial charge in [0.05, 0.1) is 5.92 Å². The van der Waals surface area contributed by atoms with Crippen LogP contribution in [0.2, 0.25) is 0 Å². The van der Waals surface area contributed by atoms with Gasteiger partial charge in [-0.3, -0.25) is 9.59 Å². The number of anilines is 2. The molecule has 3 aromatic rings. The second-order valence-corrected chi connectivity index (χ2v) is 9.01. The number of carbonyl (C=O) groups is 2. The SMILES string of the molecule is O=C(Nc1cccc(NC(=S)NC(=O)C(c2ccccc2)c2ccccc2)c1)C1CCCCC1. The van der Waals surface area contributed by atoms with Gasteiger partial charge in [0.1, 0.15) is 0 Å². The number of benzene rings is 3. The number of rotatable bonds is 6. The first kappa shape index (κ1) is 23.6. The van der Waals surface area contributed by atoms with Crippen molar-refractivity contribution in [1.29, 1.82) is 0 Å². The molecule has 5 nitrogen and oxygen atoms in total. The monoisotopic (exact) mass is 471 g/mol. The van der Waals surface area contributed by atoms with Gasteiger partial charge in [0.25, 0.3) is 0 Å². The highest BCUT2D eigenvalue weighted by Crippen LogP contribution is 2.26. The second-order valence-electron chi connectivity index (χ2n) is 8.60. The molecular weight excluding hydrogens is 442 g/mol. The van der Waals surface area contributed by atoms with Crippen LogP contribution < -0.4 is 16.0 Å². The van der Waals surface area contributed by atoms with E-state index in [9.17, 15) is 9.59 Å². The summed E-state index contributed by atoms with van der Waals surface area (Å²) < 4.78 is 0. The Hall–Kier alpha value is -3.51. The first-order chi connectivity index (χ1) is 16.6. The van der Waals surface area contributed by atoms with Crippen LogP contribution in [0, 0.1) is 5.92 Å². The predicted octanol–water partition coefficient (Wildman–Crippen LogP) is 5.85. The number of hydrogen-bond acceptors (Lipinski definition) is 3. The molecular formula is C28H29N3O2S. The average molecular weight is 472 g/mol. The Morgan fingerprint density at radius 1 is 0.735 bits per heavy atom. The molecule has 2 amide bonds. The molecule has 0 atom stereocenters. The zero-order valence-corrected chi connectivity index (χ0v) is 19.8. The maximum Gasteiger partial charge on any atom is 0.238 e. The molecule has 3 N–H and O–H groups in total. The molecule has 0 aliphatic heterocycles. The number of amides is 2. The minimum Gasteiger partial charge on any atom is -0.332 e. The van der Waals surface area contributed by atoms with E-state index in [0.717, 1.165) is 36.8 Å². The van der Waals surface area contributed by atoms with E-state index in [1.54, 1.807) is 0 Å². The first-order valence-electron chi connectivity index (χ1n) is 11.7. The fraction of sp³-hybridized carbons (Fsp3) is 0.250. The molecule has 3 aromatic carbocycles. The second kappa shape index (κ2) is 11.6. The van der Waals surface area contributed by atoms with Crippen molar-refractivity contribution >= 4 is 40.5 Å². The van der Waals surface area contributed by atoms with E-state index in [1.165, 1.54) is 6.42 Å². The topological polar surface area (TPSA) is 70.2 Å². The van der Waals surface area contributed by atoms with E-state index < -0.39 is 5.92 Å². The van der Waals surface area contributed by atoms with Gasteiger partial charge in [-0.25, -0.2) is 0 Å². The summed E-state index contributed by atoms with van der Waals surface area (Å²) in [7, 11) is 0. The quantitative estimate of drug-likeness (QED) is 0.395. The summed E-state index contributed by atoms with van der Waals surface area (Å²) >= 11 is 5.43. The van der Waals surface area contributed by atoms with Crippen molar-refractivity contribution in [2.75, 3.05) is 10.6 Å². The maximum atomic E-state index is 13.2. The van der Waals surface area contributed by atoms with Crippen LogP contribution in [0.1, 0.15) is 49.1 Å². The van der Waals surface area contributed by atoms with Crippen molar-refractivity contribution < 1.29 is 9.59 Å². The van der Waals surface area contributed by atoms with Crippen molar-refractivity contribution in [3.63, 3.8) is 0 Å². The van der Waals surface area contributed by atoms with Gasteiger partial charge in [-0.1, -0.05) is 86.0 Å². The minimum absolute atomic E-state index is 0.0706. The average Bonchev–Trinajstić information content (AvgIpc) is 2.86. The molecule has 0 radical (unpaired) electrons. The highest BCUT2D eigenvalue weighted by Gasteiger charge is 2.24. The molecule has 0 heterocycles. The van der Waals surface area contributed by atoms with Crippen molar-refractivity contribution in [2.24, 2.45) is 5.92 Å². The van der Waals surface area contributed by atoms with Crippen LogP contribution >= 0.6 is 12.2 Å². The van der Waals surface area contributed by atoms with E-state index >= 15 is 0 Å². The third-order valence-electron chi connectivity index (χ3n) is 6.13. The Morgan fingerprint density at radius 3 is 1.88 bits per heavy atom. The normalized spacial score (nSPS) is 13.8. The Bertz CT molecular complexity index is 1090. The lowest BCUT2D eigenvalue weighted by molar-refractivity contribution is -0.121. The van der Waals surface area contributed by atoms with Crippen LogP contribution in [0.4, 0.5) is 11.4 Å². The van der Waals surface area contributed by atoms with Gasteiger partial charge in [-0.05, 0) is 54.4 Å². The van der Waals surface area contributed by atoms with Crippen LogP contribution in [0.25, 0.3) is 0 Å². The molecule has 1 saturated carbocycles. The molecule has 6 heteroatoms. The van der Waals surface area contributed by atoms with E-state index in [1.807, 2.05) is 84.9 Å². The summed E-state index contributed by atoms with van der Waals surface area (Å²) in [6.45, 7) is 0. The summed E-state index contributed by atoms with van der Waals surface area (Å²) in [5.41, 5.74) is 3.19. The number of hydrogen-bond donors (Lipinski definition) is 3. The zero-order valence-electron chi connectivity index (χ0n) is 19.0. The van der Waals surface area contributed by atoms with E-state index in [-0.39, 0.29) is 22.8 Å². The standard InChI is InChI=1S/C28H29N3O2S/c32-26(22-15-8-3-9-16-22)29-23-17-10-18-24(19-23)30-28(34)31-27(33)25(20-11-4-1-5-12-20)21-13-6-2-7-14-21/h1-2,4-7,10-14,17-19,22,25H,3,8-9,15-16H2,(H,29,32)(H2,30,31,33,34). The molecule has 1 aliphatic carbocycles. The lowest BCUT2D eigenvalue weighted by Gasteiger charge is -2.21. The fourth-order valence-corrected chi connectivity index (χ4v) is 4.63. The summed E-state index contributed by atoms with van der Waals surface area (Å²) in [5.74, 6) is -0.542. The first-order valence-corrected chi connectivity index (χ1v) is 12.1. The molecule has 4 rings (SSSR count). The molecule has 1 fully saturated rings. The summed E-state index contributed by atoms with van der Waals surface area (Å²) in [4.78, 5) is 25.8. The predicted molar refractivity (Wildman–Crippen MR) is 141 cm³/mol. The van der Waals surface area contributed by atoms with E-state index in [4.69, 9.17) is 12.2 Å². The molecule has 0 aromatic heterocycles. The maximum absolute atomic E-state index is 13.2. The molecule has 0 unspecified atom stereocenters. The van der Waals surface area contributed by atoms with Gasteiger partial charge in [0.2, 0.25) is 11.8 Å². The Balaban J connectivity index is 1.41. The lowest BCUT2D eigenvalue weighted by Crippen LogP contribution is -2.37. The molecule has 0 spiro atoms. The minimum atomic E-state index is -0.483. The van der Waals surface area contributed by atoms with Gasteiger partial charge in [-0.2, -0.15) is 0 Å². The fourth-order valence-electron chi connectivity index (χ4n) is 4.42. The third-order valence-corrected chi connectivity index (χ3v) is 6.33. The van der Waals surface area contributed by atoms with Crippen molar-refractivity contribution in [1.82, 2.24) is 5.32 Å². The Labute approximate surface area is 206 Å². The van der Waals surface area contributed by atoms with Gasteiger partial charge < -0.3 is 16.0 Å². The van der Waals surface area contributed by atoms with Gasteiger partial charge >= 0.3 is 0 Å². The molecule has 0 bridgehead atoms.